The predicted molar refractivity (Wildman–Crippen MR) is 61.4 cm³/mol. The Hall–Kier alpha value is -0.0400. The largest absolute Gasteiger partial charge is 0.313 e. The van der Waals surface area contributed by atoms with Crippen LogP contribution in [0.5, 0.6) is 0 Å². The van der Waals surface area contributed by atoms with E-state index in [0.29, 0.717) is 5.41 Å². The summed E-state index contributed by atoms with van der Waals surface area (Å²) in [7, 11) is 0. The first-order valence-electron chi connectivity index (χ1n) is 6.44. The molecule has 14 heavy (non-hydrogen) atoms. The lowest BCUT2D eigenvalue weighted by Crippen LogP contribution is -2.43. The Morgan fingerprint density at radius 2 is 1.64 bits per heavy atom. The van der Waals surface area contributed by atoms with Gasteiger partial charge in [-0.05, 0) is 43.6 Å². The number of rotatable bonds is 2. The average molecular weight is 195 g/mol. The fourth-order valence-electron chi connectivity index (χ4n) is 3.45. The summed E-state index contributed by atoms with van der Waals surface area (Å²) < 4.78 is 0. The monoisotopic (exact) mass is 195 g/mol. The predicted octanol–water partition coefficient (Wildman–Crippen LogP) is 3.34. The van der Waals surface area contributed by atoms with Crippen LogP contribution in [0.2, 0.25) is 0 Å². The molecule has 0 aromatic carbocycles. The third kappa shape index (κ3) is 1.98. The van der Waals surface area contributed by atoms with E-state index in [1.807, 2.05) is 0 Å². The first kappa shape index (κ1) is 10.5. The van der Waals surface area contributed by atoms with Crippen molar-refractivity contribution >= 4 is 0 Å². The van der Waals surface area contributed by atoms with Gasteiger partial charge in [-0.15, -0.1) is 0 Å². The molecule has 1 saturated carbocycles. The molecule has 1 heterocycles. The third-order valence-electron chi connectivity index (χ3n) is 4.62. The first-order chi connectivity index (χ1) is 6.71. The summed E-state index contributed by atoms with van der Waals surface area (Å²) in [5, 5.41) is 3.69. The second kappa shape index (κ2) is 4.22. The molecule has 1 saturated heterocycles. The van der Waals surface area contributed by atoms with Crippen molar-refractivity contribution in [2.45, 2.75) is 64.8 Å². The number of hydrogen-bond acceptors (Lipinski definition) is 1. The molecule has 2 rings (SSSR count). The van der Waals surface area contributed by atoms with Crippen molar-refractivity contribution in [3.05, 3.63) is 0 Å². The van der Waals surface area contributed by atoms with E-state index in [9.17, 15) is 0 Å². The molecule has 1 N–H and O–H groups in total. The van der Waals surface area contributed by atoms with Gasteiger partial charge in [0.05, 0.1) is 0 Å². The summed E-state index contributed by atoms with van der Waals surface area (Å²) in [6.45, 7) is 6.23. The molecular formula is C13H25N. The lowest BCUT2D eigenvalue weighted by molar-refractivity contribution is 0.114. The quantitative estimate of drug-likeness (QED) is 0.712. The minimum atomic E-state index is 0.539. The van der Waals surface area contributed by atoms with Crippen molar-refractivity contribution in [2.75, 3.05) is 6.54 Å². The van der Waals surface area contributed by atoms with Crippen LogP contribution in [0.3, 0.4) is 0 Å². The Kier molecular flexibility index (Phi) is 3.16. The molecule has 0 radical (unpaired) electrons. The maximum absolute atomic E-state index is 3.69. The zero-order valence-corrected chi connectivity index (χ0v) is 9.81. The van der Waals surface area contributed by atoms with Crippen molar-refractivity contribution in [1.82, 2.24) is 5.32 Å². The highest BCUT2D eigenvalue weighted by molar-refractivity contribution is 4.93. The topological polar surface area (TPSA) is 12.0 Å². The standard InChI is InChI=1S/C13H25N/c1-13(2,12-9-6-10-14-12)11-7-4-3-5-8-11/h11-12,14H,3-10H2,1-2H3. The van der Waals surface area contributed by atoms with Gasteiger partial charge in [0, 0.05) is 6.04 Å². The molecular weight excluding hydrogens is 170 g/mol. The van der Waals surface area contributed by atoms with E-state index < -0.39 is 0 Å². The van der Waals surface area contributed by atoms with Gasteiger partial charge < -0.3 is 5.32 Å². The minimum absolute atomic E-state index is 0.539. The summed E-state index contributed by atoms with van der Waals surface area (Å²) in [6.07, 6.45) is 10.2. The van der Waals surface area contributed by atoms with Crippen molar-refractivity contribution < 1.29 is 0 Å². The Morgan fingerprint density at radius 1 is 0.929 bits per heavy atom. The van der Waals surface area contributed by atoms with Crippen LogP contribution in [-0.2, 0) is 0 Å². The van der Waals surface area contributed by atoms with Crippen LogP contribution >= 0.6 is 0 Å². The second-order valence-corrected chi connectivity index (χ2v) is 5.81. The molecule has 2 fully saturated rings. The van der Waals surface area contributed by atoms with Crippen LogP contribution in [0.15, 0.2) is 0 Å². The van der Waals surface area contributed by atoms with Gasteiger partial charge in [-0.25, -0.2) is 0 Å². The van der Waals surface area contributed by atoms with Gasteiger partial charge in [0.1, 0.15) is 0 Å². The van der Waals surface area contributed by atoms with E-state index in [2.05, 4.69) is 19.2 Å². The fourth-order valence-corrected chi connectivity index (χ4v) is 3.45. The highest BCUT2D eigenvalue weighted by Gasteiger charge is 2.38. The van der Waals surface area contributed by atoms with Gasteiger partial charge in [0.15, 0.2) is 0 Å². The summed E-state index contributed by atoms with van der Waals surface area (Å²) in [5.74, 6) is 0.979. The molecule has 0 amide bonds. The van der Waals surface area contributed by atoms with E-state index in [4.69, 9.17) is 0 Å². The molecule has 1 atom stereocenters. The van der Waals surface area contributed by atoms with Crippen LogP contribution in [0.25, 0.3) is 0 Å². The first-order valence-corrected chi connectivity index (χ1v) is 6.44. The van der Waals surface area contributed by atoms with Gasteiger partial charge in [-0.3, -0.25) is 0 Å². The molecule has 0 aromatic rings. The molecule has 2 aliphatic rings. The molecule has 1 aliphatic carbocycles. The van der Waals surface area contributed by atoms with E-state index >= 15 is 0 Å². The zero-order valence-electron chi connectivity index (χ0n) is 9.81. The average Bonchev–Trinajstić information content (AvgIpc) is 2.72. The summed E-state index contributed by atoms with van der Waals surface area (Å²) in [5.41, 5.74) is 0.539. The zero-order chi connectivity index (χ0) is 10.0. The van der Waals surface area contributed by atoms with Crippen LogP contribution < -0.4 is 5.32 Å². The van der Waals surface area contributed by atoms with Crippen LogP contribution in [0.4, 0.5) is 0 Å². The lowest BCUT2D eigenvalue weighted by Gasteiger charge is -2.41. The summed E-state index contributed by atoms with van der Waals surface area (Å²) in [4.78, 5) is 0. The van der Waals surface area contributed by atoms with Gasteiger partial charge in [-0.2, -0.15) is 0 Å². The van der Waals surface area contributed by atoms with Gasteiger partial charge in [0.25, 0.3) is 0 Å². The van der Waals surface area contributed by atoms with Crippen molar-refractivity contribution in [3.8, 4) is 0 Å². The van der Waals surface area contributed by atoms with Crippen LogP contribution in [0, 0.1) is 11.3 Å². The van der Waals surface area contributed by atoms with Gasteiger partial charge in [0.2, 0.25) is 0 Å². The molecule has 1 aliphatic heterocycles. The molecule has 0 bridgehead atoms. The molecule has 1 unspecified atom stereocenters. The maximum Gasteiger partial charge on any atom is 0.0121 e. The lowest BCUT2D eigenvalue weighted by atomic mass is 9.67. The Bertz CT molecular complexity index is 174. The Balaban J connectivity index is 1.97. The van der Waals surface area contributed by atoms with Gasteiger partial charge in [-0.1, -0.05) is 33.1 Å². The summed E-state index contributed by atoms with van der Waals surface area (Å²) >= 11 is 0. The Morgan fingerprint density at radius 3 is 2.21 bits per heavy atom. The SMILES string of the molecule is CC(C)(C1CCCCC1)C1CCCN1. The van der Waals surface area contributed by atoms with E-state index in [1.165, 1.54) is 51.5 Å². The third-order valence-corrected chi connectivity index (χ3v) is 4.62. The van der Waals surface area contributed by atoms with Crippen molar-refractivity contribution in [1.29, 1.82) is 0 Å². The maximum atomic E-state index is 3.69. The highest BCUT2D eigenvalue weighted by atomic mass is 15.0. The Labute approximate surface area is 88.7 Å². The smallest absolute Gasteiger partial charge is 0.0121 e. The number of nitrogens with one attached hydrogen (secondary N) is 1. The van der Waals surface area contributed by atoms with Crippen LogP contribution in [0.1, 0.15) is 58.8 Å². The molecule has 1 nitrogen and oxygen atoms in total. The second-order valence-electron chi connectivity index (χ2n) is 5.81. The van der Waals surface area contributed by atoms with Gasteiger partial charge >= 0.3 is 0 Å². The summed E-state index contributed by atoms with van der Waals surface area (Å²) in [6, 6.07) is 0.797. The van der Waals surface area contributed by atoms with Crippen molar-refractivity contribution in [2.24, 2.45) is 11.3 Å². The van der Waals surface area contributed by atoms with E-state index in [1.54, 1.807) is 0 Å². The molecule has 0 aromatic heterocycles. The van der Waals surface area contributed by atoms with E-state index in [0.717, 1.165) is 12.0 Å². The molecule has 0 spiro atoms. The molecule has 82 valence electrons. The van der Waals surface area contributed by atoms with Crippen molar-refractivity contribution in [3.63, 3.8) is 0 Å². The number of hydrogen-bond donors (Lipinski definition) is 1. The highest BCUT2D eigenvalue weighted by Crippen LogP contribution is 2.42. The van der Waals surface area contributed by atoms with E-state index in [-0.39, 0.29) is 0 Å². The normalized spacial score (nSPS) is 30.9. The molecule has 1 heteroatoms. The fraction of sp³-hybridized carbons (Fsp3) is 1.00. The minimum Gasteiger partial charge on any atom is -0.313 e. The van der Waals surface area contributed by atoms with Crippen LogP contribution in [-0.4, -0.2) is 12.6 Å².